The number of carbonyl (C=O) groups is 1. The van der Waals surface area contributed by atoms with Crippen LogP contribution in [-0.4, -0.2) is 44.0 Å². The molecule has 1 saturated heterocycles. The Morgan fingerprint density at radius 1 is 1.36 bits per heavy atom. The van der Waals surface area contributed by atoms with Gasteiger partial charge in [-0.3, -0.25) is 9.69 Å². The van der Waals surface area contributed by atoms with E-state index in [2.05, 4.69) is 4.90 Å². The molecule has 1 aliphatic heterocycles. The van der Waals surface area contributed by atoms with Crippen LogP contribution in [0.25, 0.3) is 0 Å². The Hall–Kier alpha value is -0.410. The van der Waals surface area contributed by atoms with Gasteiger partial charge in [0.1, 0.15) is 6.61 Å². The molecule has 0 aromatic carbocycles. The maximum absolute atomic E-state index is 11.4. The van der Waals surface area contributed by atoms with E-state index in [1.807, 2.05) is 0 Å². The number of Topliss-reactive ketones (excluding diaryl/α,β-unsaturated/α-hetero) is 1. The van der Waals surface area contributed by atoms with Crippen molar-refractivity contribution in [3.8, 4) is 0 Å². The Morgan fingerprint density at radius 3 is 2.57 bits per heavy atom. The summed E-state index contributed by atoms with van der Waals surface area (Å²) in [6.07, 6.45) is 4.15. The minimum absolute atomic E-state index is 0.215. The molecule has 0 radical (unpaired) electrons. The SMILES string of the molecule is COCC(=O)CN1CC2CCCC2C1. The van der Waals surface area contributed by atoms with Gasteiger partial charge in [-0.15, -0.1) is 0 Å². The van der Waals surface area contributed by atoms with Crippen LogP contribution >= 0.6 is 0 Å². The molecule has 0 aromatic heterocycles. The fourth-order valence-corrected chi connectivity index (χ4v) is 2.92. The monoisotopic (exact) mass is 197 g/mol. The summed E-state index contributed by atoms with van der Waals surface area (Å²) in [7, 11) is 1.58. The van der Waals surface area contributed by atoms with Gasteiger partial charge in [-0.2, -0.15) is 0 Å². The third-order valence-corrected chi connectivity index (χ3v) is 3.51. The molecule has 2 rings (SSSR count). The molecule has 1 aliphatic carbocycles. The van der Waals surface area contributed by atoms with Crippen molar-refractivity contribution in [2.75, 3.05) is 33.4 Å². The van der Waals surface area contributed by atoms with E-state index in [1.165, 1.54) is 19.3 Å². The number of nitrogens with zero attached hydrogens (tertiary/aromatic N) is 1. The van der Waals surface area contributed by atoms with Gasteiger partial charge in [-0.1, -0.05) is 6.42 Å². The average molecular weight is 197 g/mol. The van der Waals surface area contributed by atoms with E-state index in [-0.39, 0.29) is 12.4 Å². The van der Waals surface area contributed by atoms with Gasteiger partial charge in [0.25, 0.3) is 0 Å². The van der Waals surface area contributed by atoms with Gasteiger partial charge in [0.2, 0.25) is 0 Å². The molecule has 80 valence electrons. The first-order valence-corrected chi connectivity index (χ1v) is 5.52. The van der Waals surface area contributed by atoms with Crippen LogP contribution in [0.5, 0.6) is 0 Å². The third-order valence-electron chi connectivity index (χ3n) is 3.51. The Balaban J connectivity index is 1.76. The number of rotatable bonds is 4. The van der Waals surface area contributed by atoms with Crippen molar-refractivity contribution < 1.29 is 9.53 Å². The Morgan fingerprint density at radius 2 is 2.00 bits per heavy atom. The van der Waals surface area contributed by atoms with Crippen LogP contribution in [0.2, 0.25) is 0 Å². The average Bonchev–Trinajstić information content (AvgIpc) is 2.63. The van der Waals surface area contributed by atoms with Gasteiger partial charge in [-0.25, -0.2) is 0 Å². The zero-order chi connectivity index (χ0) is 9.97. The lowest BCUT2D eigenvalue weighted by molar-refractivity contribution is -0.123. The zero-order valence-electron chi connectivity index (χ0n) is 8.87. The minimum Gasteiger partial charge on any atom is -0.377 e. The highest BCUT2D eigenvalue weighted by Crippen LogP contribution is 2.37. The van der Waals surface area contributed by atoms with Gasteiger partial charge >= 0.3 is 0 Å². The molecule has 0 amide bonds. The number of carbonyl (C=O) groups excluding carboxylic acids is 1. The van der Waals surface area contributed by atoms with Gasteiger partial charge in [0.15, 0.2) is 5.78 Å². The summed E-state index contributed by atoms with van der Waals surface area (Å²) in [6.45, 7) is 3.15. The van der Waals surface area contributed by atoms with Crippen LogP contribution in [0.4, 0.5) is 0 Å². The lowest BCUT2D eigenvalue weighted by Gasteiger charge is -2.14. The van der Waals surface area contributed by atoms with Crippen LogP contribution in [0.3, 0.4) is 0 Å². The summed E-state index contributed by atoms with van der Waals surface area (Å²) < 4.78 is 4.83. The van der Waals surface area contributed by atoms with E-state index < -0.39 is 0 Å². The molecule has 0 N–H and O–H groups in total. The van der Waals surface area contributed by atoms with Crippen LogP contribution in [0.15, 0.2) is 0 Å². The van der Waals surface area contributed by atoms with E-state index in [4.69, 9.17) is 4.74 Å². The number of ether oxygens (including phenoxy) is 1. The quantitative estimate of drug-likeness (QED) is 0.671. The van der Waals surface area contributed by atoms with E-state index >= 15 is 0 Å². The maximum atomic E-state index is 11.4. The van der Waals surface area contributed by atoms with Crippen molar-refractivity contribution in [2.24, 2.45) is 11.8 Å². The lowest BCUT2D eigenvalue weighted by atomic mass is 10.0. The molecule has 2 atom stereocenters. The van der Waals surface area contributed by atoms with Crippen molar-refractivity contribution in [2.45, 2.75) is 19.3 Å². The van der Waals surface area contributed by atoms with Gasteiger partial charge in [0.05, 0.1) is 6.54 Å². The molecular weight excluding hydrogens is 178 g/mol. The molecule has 2 unspecified atom stereocenters. The topological polar surface area (TPSA) is 29.5 Å². The van der Waals surface area contributed by atoms with Crippen molar-refractivity contribution in [1.29, 1.82) is 0 Å². The summed E-state index contributed by atoms with van der Waals surface area (Å²) >= 11 is 0. The first kappa shape index (κ1) is 10.1. The molecule has 0 bridgehead atoms. The second-order valence-corrected chi connectivity index (χ2v) is 4.62. The van der Waals surface area contributed by atoms with Crippen molar-refractivity contribution in [1.82, 2.24) is 4.90 Å². The smallest absolute Gasteiger partial charge is 0.172 e. The minimum atomic E-state index is 0.215. The van der Waals surface area contributed by atoms with Crippen LogP contribution in [0.1, 0.15) is 19.3 Å². The summed E-state index contributed by atoms with van der Waals surface area (Å²) in [5.74, 6) is 1.98. The zero-order valence-corrected chi connectivity index (χ0v) is 8.87. The molecule has 0 spiro atoms. The van der Waals surface area contributed by atoms with Crippen molar-refractivity contribution in [3.05, 3.63) is 0 Å². The Labute approximate surface area is 85.4 Å². The van der Waals surface area contributed by atoms with Gasteiger partial charge < -0.3 is 4.74 Å². The van der Waals surface area contributed by atoms with Gasteiger partial charge in [0, 0.05) is 20.2 Å². The standard InChI is InChI=1S/C11H19NO2/c1-14-8-11(13)7-12-5-9-3-2-4-10(9)6-12/h9-10H,2-8H2,1H3. The van der Waals surface area contributed by atoms with E-state index in [0.717, 1.165) is 24.9 Å². The summed E-state index contributed by atoms with van der Waals surface area (Å²) in [6, 6.07) is 0. The second-order valence-electron chi connectivity index (χ2n) is 4.62. The van der Waals surface area contributed by atoms with E-state index in [0.29, 0.717) is 6.54 Å². The van der Waals surface area contributed by atoms with Crippen LogP contribution in [-0.2, 0) is 9.53 Å². The first-order chi connectivity index (χ1) is 6.79. The molecule has 14 heavy (non-hydrogen) atoms. The number of ketones is 1. The normalized spacial score (nSPS) is 32.1. The fourth-order valence-electron chi connectivity index (χ4n) is 2.92. The number of fused-ring (bicyclic) bond motifs is 1. The summed E-state index contributed by atoms with van der Waals surface area (Å²) in [4.78, 5) is 13.7. The molecule has 1 saturated carbocycles. The summed E-state index contributed by atoms with van der Waals surface area (Å²) in [5, 5.41) is 0. The predicted molar refractivity (Wildman–Crippen MR) is 54.2 cm³/mol. The second kappa shape index (κ2) is 4.41. The number of hydrogen-bond acceptors (Lipinski definition) is 3. The molecule has 2 fully saturated rings. The fraction of sp³-hybridized carbons (Fsp3) is 0.909. The van der Waals surface area contributed by atoms with E-state index in [1.54, 1.807) is 7.11 Å². The number of methoxy groups -OCH3 is 1. The third kappa shape index (κ3) is 2.15. The molecule has 2 aliphatic rings. The number of likely N-dealkylation sites (tertiary alicyclic amines) is 1. The highest BCUT2D eigenvalue weighted by molar-refractivity contribution is 5.81. The largest absolute Gasteiger partial charge is 0.377 e. The lowest BCUT2D eigenvalue weighted by Crippen LogP contribution is -2.30. The Bertz CT molecular complexity index is 205. The highest BCUT2D eigenvalue weighted by atomic mass is 16.5. The number of hydrogen-bond donors (Lipinski definition) is 0. The first-order valence-electron chi connectivity index (χ1n) is 5.52. The Kier molecular flexibility index (Phi) is 3.19. The van der Waals surface area contributed by atoms with E-state index in [9.17, 15) is 4.79 Å². The molecular formula is C11H19NO2. The van der Waals surface area contributed by atoms with Crippen molar-refractivity contribution >= 4 is 5.78 Å². The molecule has 0 aromatic rings. The van der Waals surface area contributed by atoms with Gasteiger partial charge in [-0.05, 0) is 24.7 Å². The predicted octanol–water partition coefficient (Wildman–Crippen LogP) is 0.934. The molecule has 3 nitrogen and oxygen atoms in total. The van der Waals surface area contributed by atoms with Crippen molar-refractivity contribution in [3.63, 3.8) is 0 Å². The summed E-state index contributed by atoms with van der Waals surface area (Å²) in [5.41, 5.74) is 0. The van der Waals surface area contributed by atoms with Crippen LogP contribution < -0.4 is 0 Å². The molecule has 3 heteroatoms. The van der Waals surface area contributed by atoms with Crippen LogP contribution in [0, 0.1) is 11.8 Å². The highest BCUT2D eigenvalue weighted by Gasteiger charge is 2.36. The molecule has 1 heterocycles. The maximum Gasteiger partial charge on any atom is 0.172 e.